The molecule has 2 atom stereocenters. The van der Waals surface area contributed by atoms with Crippen LogP contribution in [0, 0.1) is 11.7 Å². The fraction of sp³-hybridized carbons (Fsp3) is 0.312. The highest BCUT2D eigenvalue weighted by atomic mass is 79.9. The quantitative estimate of drug-likeness (QED) is 0.225. The second-order valence-corrected chi connectivity index (χ2v) is 12.8. The number of rotatable bonds is 8. The number of hydrogen-bond donors (Lipinski definition) is 3. The average molecular weight is 668 g/mol. The Morgan fingerprint density at radius 2 is 2.05 bits per heavy atom. The molecular weight excluding hydrogens is 639 g/mol. The van der Waals surface area contributed by atoms with Crippen LogP contribution >= 0.6 is 27.5 Å². The lowest BCUT2D eigenvalue weighted by molar-refractivity contribution is -0.122. The first-order valence-electron chi connectivity index (χ1n) is 13.9. The number of nitrogens with one attached hydrogen (secondary N) is 1. The lowest BCUT2D eigenvalue weighted by Gasteiger charge is -2.31. The molecule has 2 heterocycles. The molecule has 1 fully saturated rings. The standard InChI is InChI=1S/C32H29BrClFN4O4/c1-31(30(36)41)9-8-20-22(31)13-25(39-28(20)21-4-3-5-23(35)26(21)34)32(42,18-6-7-18)15-38-29(40)17-10-16-11-19(33)14-37-27(16)24(12-17)43-2/h3-5,10-14,18,42H,6-9,15H2,1-2H3,(H2,36,41)(H,38,40)/t31-,32+/m0/s1. The molecule has 0 bridgehead atoms. The third-order valence-corrected chi connectivity index (χ3v) is 9.57. The first-order chi connectivity index (χ1) is 20.5. The van der Waals surface area contributed by atoms with E-state index in [-0.39, 0.29) is 23.2 Å². The highest BCUT2D eigenvalue weighted by Crippen LogP contribution is 2.49. The molecule has 11 heteroatoms. The number of primary amides is 1. The van der Waals surface area contributed by atoms with Crippen LogP contribution in [0.25, 0.3) is 22.2 Å². The molecule has 0 aliphatic heterocycles. The minimum Gasteiger partial charge on any atom is -0.494 e. The maximum atomic E-state index is 14.6. The summed E-state index contributed by atoms with van der Waals surface area (Å²) >= 11 is 9.82. The van der Waals surface area contributed by atoms with E-state index >= 15 is 0 Å². The van der Waals surface area contributed by atoms with Crippen molar-refractivity contribution in [3.63, 3.8) is 0 Å². The zero-order valence-electron chi connectivity index (χ0n) is 23.5. The first kappa shape index (κ1) is 29.5. The number of nitrogens with zero attached hydrogens (tertiary/aromatic N) is 2. The van der Waals surface area contributed by atoms with Crippen molar-refractivity contribution in [1.82, 2.24) is 15.3 Å². The molecule has 4 aromatic rings. The van der Waals surface area contributed by atoms with Gasteiger partial charge in [0.1, 0.15) is 22.7 Å². The maximum absolute atomic E-state index is 14.6. The summed E-state index contributed by atoms with van der Waals surface area (Å²) in [5.74, 6) is -1.28. The number of fused-ring (bicyclic) bond motifs is 2. The molecule has 2 aliphatic carbocycles. The van der Waals surface area contributed by atoms with Gasteiger partial charge in [-0.05, 0) is 95.9 Å². The Bertz CT molecular complexity index is 1820. The van der Waals surface area contributed by atoms with E-state index < -0.39 is 28.6 Å². The molecule has 0 radical (unpaired) electrons. The van der Waals surface area contributed by atoms with E-state index in [1.54, 1.807) is 43.5 Å². The number of amides is 2. The van der Waals surface area contributed by atoms with Crippen LogP contribution in [0.2, 0.25) is 5.02 Å². The monoisotopic (exact) mass is 666 g/mol. The van der Waals surface area contributed by atoms with Crippen LogP contribution < -0.4 is 15.8 Å². The van der Waals surface area contributed by atoms with Gasteiger partial charge in [0.25, 0.3) is 5.91 Å². The lowest BCUT2D eigenvalue weighted by Crippen LogP contribution is -2.44. The number of aliphatic hydroxyl groups is 1. The van der Waals surface area contributed by atoms with Crippen molar-refractivity contribution >= 4 is 50.2 Å². The van der Waals surface area contributed by atoms with Crippen molar-refractivity contribution in [1.29, 1.82) is 0 Å². The van der Waals surface area contributed by atoms with Gasteiger partial charge in [0.15, 0.2) is 0 Å². The molecule has 6 rings (SSSR count). The van der Waals surface area contributed by atoms with Crippen molar-refractivity contribution < 1.29 is 23.8 Å². The molecule has 2 aliphatic rings. The molecule has 2 amide bonds. The Kier molecular flexibility index (Phi) is 7.43. The molecule has 1 saturated carbocycles. The van der Waals surface area contributed by atoms with Gasteiger partial charge in [-0.2, -0.15) is 0 Å². The zero-order chi connectivity index (χ0) is 30.7. The van der Waals surface area contributed by atoms with Gasteiger partial charge in [-0.15, -0.1) is 0 Å². The summed E-state index contributed by atoms with van der Waals surface area (Å²) in [6, 6.07) is 11.3. The first-order valence-corrected chi connectivity index (χ1v) is 15.1. The highest BCUT2D eigenvalue weighted by Gasteiger charge is 2.49. The molecule has 2 aromatic heterocycles. The van der Waals surface area contributed by atoms with Gasteiger partial charge >= 0.3 is 0 Å². The summed E-state index contributed by atoms with van der Waals surface area (Å²) < 4.78 is 20.8. The topological polar surface area (TPSA) is 127 Å². The minimum absolute atomic E-state index is 0.100. The average Bonchev–Trinajstić information content (AvgIpc) is 3.79. The van der Waals surface area contributed by atoms with E-state index in [1.807, 2.05) is 6.07 Å². The molecule has 222 valence electrons. The zero-order valence-corrected chi connectivity index (χ0v) is 25.9. The molecule has 0 unspecified atom stereocenters. The highest BCUT2D eigenvalue weighted by molar-refractivity contribution is 9.10. The van der Waals surface area contributed by atoms with Crippen molar-refractivity contribution in [2.45, 2.75) is 43.6 Å². The Hall–Kier alpha value is -3.60. The fourth-order valence-corrected chi connectivity index (χ4v) is 6.58. The predicted molar refractivity (Wildman–Crippen MR) is 164 cm³/mol. The normalized spacial score (nSPS) is 19.1. The summed E-state index contributed by atoms with van der Waals surface area (Å²) in [4.78, 5) is 35.4. The molecule has 43 heavy (non-hydrogen) atoms. The van der Waals surface area contributed by atoms with Crippen LogP contribution in [-0.4, -0.2) is 40.5 Å². The fourth-order valence-electron chi connectivity index (χ4n) is 6.01. The van der Waals surface area contributed by atoms with Crippen LogP contribution in [0.15, 0.2) is 53.1 Å². The summed E-state index contributed by atoms with van der Waals surface area (Å²) in [7, 11) is 1.51. The second-order valence-electron chi connectivity index (χ2n) is 11.5. The number of halogens is 3. The minimum atomic E-state index is -1.58. The van der Waals surface area contributed by atoms with Crippen LogP contribution in [0.3, 0.4) is 0 Å². The Labute approximate surface area is 260 Å². The lowest BCUT2D eigenvalue weighted by atomic mass is 9.81. The van der Waals surface area contributed by atoms with E-state index in [0.717, 1.165) is 22.9 Å². The number of carbonyl (C=O) groups is 2. The van der Waals surface area contributed by atoms with Gasteiger partial charge in [0.2, 0.25) is 5.91 Å². The Balaban J connectivity index is 1.42. The van der Waals surface area contributed by atoms with Gasteiger partial charge in [-0.1, -0.05) is 23.7 Å². The Morgan fingerprint density at radius 3 is 2.74 bits per heavy atom. The van der Waals surface area contributed by atoms with Gasteiger partial charge in [-0.25, -0.2) is 9.37 Å². The Morgan fingerprint density at radius 1 is 1.28 bits per heavy atom. The van der Waals surface area contributed by atoms with Gasteiger partial charge < -0.3 is 20.9 Å². The summed E-state index contributed by atoms with van der Waals surface area (Å²) in [6.07, 6.45) is 4.02. The molecule has 0 spiro atoms. The van der Waals surface area contributed by atoms with Crippen molar-refractivity contribution in [2.24, 2.45) is 11.7 Å². The summed E-state index contributed by atoms with van der Waals surface area (Å²) in [5, 5.41) is 15.7. The van der Waals surface area contributed by atoms with Crippen LogP contribution in [0.4, 0.5) is 4.39 Å². The van der Waals surface area contributed by atoms with Crippen molar-refractivity contribution in [3.05, 3.63) is 86.4 Å². The summed E-state index contributed by atoms with van der Waals surface area (Å²) in [5.41, 5.74) is 6.61. The SMILES string of the molecule is COc1cc(C(=O)NC[C@](O)(c2cc3c(c(-c4cccc(F)c4Cl)n2)CC[C@]3(C)C(N)=O)C2CC2)cc2cc(Br)cnc12. The number of carbonyl (C=O) groups excluding carboxylic acids is 2. The van der Waals surface area contributed by atoms with Gasteiger partial charge in [-0.3, -0.25) is 14.6 Å². The van der Waals surface area contributed by atoms with E-state index in [2.05, 4.69) is 26.2 Å². The third-order valence-electron chi connectivity index (χ3n) is 8.76. The summed E-state index contributed by atoms with van der Waals surface area (Å²) in [6.45, 7) is 1.61. The number of aromatic nitrogens is 2. The number of nitrogens with two attached hydrogens (primary N) is 1. The van der Waals surface area contributed by atoms with Crippen molar-refractivity contribution in [3.8, 4) is 17.0 Å². The largest absolute Gasteiger partial charge is 0.494 e. The van der Waals surface area contributed by atoms with Gasteiger partial charge in [0.05, 0.1) is 35.5 Å². The van der Waals surface area contributed by atoms with Gasteiger partial charge in [0, 0.05) is 27.2 Å². The molecule has 0 saturated heterocycles. The van der Waals surface area contributed by atoms with E-state index in [4.69, 9.17) is 27.1 Å². The predicted octanol–water partition coefficient (Wildman–Crippen LogP) is 5.58. The number of benzene rings is 2. The van der Waals surface area contributed by atoms with Crippen molar-refractivity contribution in [2.75, 3.05) is 13.7 Å². The van der Waals surface area contributed by atoms with Crippen LogP contribution in [0.5, 0.6) is 5.75 Å². The number of hydrogen-bond acceptors (Lipinski definition) is 6. The van der Waals surface area contributed by atoms with E-state index in [9.17, 15) is 19.1 Å². The number of pyridine rings is 2. The van der Waals surface area contributed by atoms with E-state index in [0.29, 0.717) is 51.9 Å². The van der Waals surface area contributed by atoms with E-state index in [1.165, 1.54) is 13.2 Å². The number of ether oxygens (including phenoxy) is 1. The smallest absolute Gasteiger partial charge is 0.251 e. The number of methoxy groups -OCH3 is 1. The van der Waals surface area contributed by atoms with Crippen LogP contribution in [-0.2, 0) is 22.2 Å². The second kappa shape index (κ2) is 10.8. The molecule has 2 aromatic carbocycles. The maximum Gasteiger partial charge on any atom is 0.251 e. The molecular formula is C32H29BrClFN4O4. The molecule has 8 nitrogen and oxygen atoms in total. The third kappa shape index (κ3) is 5.05. The molecule has 4 N–H and O–H groups in total. The van der Waals surface area contributed by atoms with Crippen LogP contribution in [0.1, 0.15) is 53.4 Å².